The van der Waals surface area contributed by atoms with Crippen molar-refractivity contribution in [2.45, 2.75) is 25.3 Å². The molecule has 1 N–H and O–H groups in total. The number of rotatable bonds is 6. The fourth-order valence-corrected chi connectivity index (χ4v) is 2.56. The number of ether oxygens (including phenoxy) is 1. The second-order valence-corrected chi connectivity index (χ2v) is 5.59. The first-order valence-electron chi connectivity index (χ1n) is 6.38. The van der Waals surface area contributed by atoms with Gasteiger partial charge in [0.1, 0.15) is 5.75 Å². The van der Waals surface area contributed by atoms with E-state index in [1.54, 1.807) is 12.0 Å². The highest BCUT2D eigenvalue weighted by Gasteiger charge is 2.32. The van der Waals surface area contributed by atoms with Crippen molar-refractivity contribution in [3.8, 4) is 5.75 Å². The standard InChI is InChI=1S/C14H18BrNO3/c1-19-13-5-2-11(15)8-10(13)9-14(18)16(6-7-17)12-3-4-12/h2,5,8,12,17H,3-4,6-7,9H2,1H3. The summed E-state index contributed by atoms with van der Waals surface area (Å²) in [6, 6.07) is 5.96. The summed E-state index contributed by atoms with van der Waals surface area (Å²) < 4.78 is 6.20. The quantitative estimate of drug-likeness (QED) is 0.869. The Kier molecular flexibility index (Phi) is 4.82. The summed E-state index contributed by atoms with van der Waals surface area (Å²) in [5.41, 5.74) is 0.866. The van der Waals surface area contributed by atoms with Crippen LogP contribution < -0.4 is 4.74 Å². The van der Waals surface area contributed by atoms with Crippen molar-refractivity contribution in [3.63, 3.8) is 0 Å². The van der Waals surface area contributed by atoms with Gasteiger partial charge in [-0.2, -0.15) is 0 Å². The van der Waals surface area contributed by atoms with Crippen LogP contribution in [0.5, 0.6) is 5.75 Å². The zero-order valence-electron chi connectivity index (χ0n) is 10.9. The van der Waals surface area contributed by atoms with E-state index >= 15 is 0 Å². The topological polar surface area (TPSA) is 49.8 Å². The third-order valence-electron chi connectivity index (χ3n) is 3.23. The van der Waals surface area contributed by atoms with E-state index in [-0.39, 0.29) is 12.5 Å². The number of amides is 1. The van der Waals surface area contributed by atoms with Gasteiger partial charge in [-0.15, -0.1) is 0 Å². The van der Waals surface area contributed by atoms with Gasteiger partial charge in [-0.25, -0.2) is 0 Å². The zero-order valence-corrected chi connectivity index (χ0v) is 12.5. The van der Waals surface area contributed by atoms with Crippen LogP contribution in [0.2, 0.25) is 0 Å². The molecule has 0 aliphatic heterocycles. The summed E-state index contributed by atoms with van der Waals surface area (Å²) in [6.07, 6.45) is 2.39. The van der Waals surface area contributed by atoms with Gasteiger partial charge in [0, 0.05) is 22.6 Å². The summed E-state index contributed by atoms with van der Waals surface area (Å²) in [6.45, 7) is 0.428. The van der Waals surface area contributed by atoms with Crippen molar-refractivity contribution >= 4 is 21.8 Å². The second-order valence-electron chi connectivity index (χ2n) is 4.67. The average molecular weight is 328 g/mol. The third kappa shape index (κ3) is 3.70. The monoisotopic (exact) mass is 327 g/mol. The minimum Gasteiger partial charge on any atom is -0.496 e. The fraction of sp³-hybridized carbons (Fsp3) is 0.500. The first-order chi connectivity index (χ1) is 9.15. The molecule has 5 heteroatoms. The molecule has 0 aromatic heterocycles. The number of aliphatic hydroxyl groups excluding tert-OH is 1. The Morgan fingerprint density at radius 3 is 2.84 bits per heavy atom. The number of aliphatic hydroxyl groups is 1. The molecule has 1 aromatic carbocycles. The molecule has 4 nitrogen and oxygen atoms in total. The summed E-state index contributed by atoms with van der Waals surface area (Å²) in [4.78, 5) is 14.1. The van der Waals surface area contributed by atoms with Crippen molar-refractivity contribution in [3.05, 3.63) is 28.2 Å². The van der Waals surface area contributed by atoms with E-state index in [9.17, 15) is 4.79 Å². The number of carbonyl (C=O) groups excluding carboxylic acids is 1. The lowest BCUT2D eigenvalue weighted by atomic mass is 10.1. The molecule has 0 bridgehead atoms. The molecule has 0 heterocycles. The van der Waals surface area contributed by atoms with E-state index in [0.29, 0.717) is 19.0 Å². The molecule has 0 spiro atoms. The summed E-state index contributed by atoms with van der Waals surface area (Å²) in [7, 11) is 1.60. The van der Waals surface area contributed by atoms with Crippen molar-refractivity contribution in [1.29, 1.82) is 0 Å². The Labute approximate surface area is 121 Å². The predicted octanol–water partition coefficient (Wildman–Crippen LogP) is 1.98. The van der Waals surface area contributed by atoms with E-state index in [4.69, 9.17) is 9.84 Å². The van der Waals surface area contributed by atoms with Gasteiger partial charge in [0.25, 0.3) is 0 Å². The molecule has 104 valence electrons. The van der Waals surface area contributed by atoms with E-state index < -0.39 is 0 Å². The maximum atomic E-state index is 12.3. The molecule has 2 rings (SSSR count). The highest BCUT2D eigenvalue weighted by molar-refractivity contribution is 9.10. The van der Waals surface area contributed by atoms with Gasteiger partial charge in [0.15, 0.2) is 0 Å². The van der Waals surface area contributed by atoms with Crippen molar-refractivity contribution in [2.75, 3.05) is 20.3 Å². The molecule has 1 fully saturated rings. The minimum atomic E-state index is 0.0118. The zero-order chi connectivity index (χ0) is 13.8. The lowest BCUT2D eigenvalue weighted by Gasteiger charge is -2.22. The molecule has 1 aromatic rings. The van der Waals surface area contributed by atoms with Crippen LogP contribution in [0.4, 0.5) is 0 Å². The summed E-state index contributed by atoms with van der Waals surface area (Å²) in [5, 5.41) is 9.05. The van der Waals surface area contributed by atoms with Gasteiger partial charge < -0.3 is 14.7 Å². The van der Waals surface area contributed by atoms with E-state index in [0.717, 1.165) is 28.6 Å². The van der Waals surface area contributed by atoms with E-state index in [1.807, 2.05) is 18.2 Å². The largest absolute Gasteiger partial charge is 0.496 e. The van der Waals surface area contributed by atoms with Gasteiger partial charge in [0.2, 0.25) is 5.91 Å². The molecular formula is C14H18BrNO3. The normalized spacial score (nSPS) is 14.3. The lowest BCUT2D eigenvalue weighted by molar-refractivity contribution is -0.131. The van der Waals surface area contributed by atoms with E-state index in [2.05, 4.69) is 15.9 Å². The highest BCUT2D eigenvalue weighted by atomic mass is 79.9. The maximum absolute atomic E-state index is 12.3. The van der Waals surface area contributed by atoms with E-state index in [1.165, 1.54) is 0 Å². The average Bonchev–Trinajstić information content (AvgIpc) is 3.20. The van der Waals surface area contributed by atoms with Crippen molar-refractivity contribution < 1.29 is 14.6 Å². The van der Waals surface area contributed by atoms with Gasteiger partial charge >= 0.3 is 0 Å². The van der Waals surface area contributed by atoms with Crippen LogP contribution in [0.15, 0.2) is 22.7 Å². The number of hydrogen-bond acceptors (Lipinski definition) is 3. The summed E-state index contributed by atoms with van der Waals surface area (Å²) in [5.74, 6) is 0.768. The number of methoxy groups -OCH3 is 1. The highest BCUT2D eigenvalue weighted by Crippen LogP contribution is 2.29. The van der Waals surface area contributed by atoms with Crippen LogP contribution in [-0.4, -0.2) is 42.2 Å². The predicted molar refractivity (Wildman–Crippen MR) is 76.2 cm³/mol. The number of nitrogens with zero attached hydrogens (tertiary/aromatic N) is 1. The van der Waals surface area contributed by atoms with Gasteiger partial charge in [0.05, 0.1) is 20.1 Å². The van der Waals surface area contributed by atoms with Gasteiger partial charge in [-0.3, -0.25) is 4.79 Å². The van der Waals surface area contributed by atoms with Gasteiger partial charge in [-0.05, 0) is 31.0 Å². The molecule has 1 saturated carbocycles. The first-order valence-corrected chi connectivity index (χ1v) is 7.17. The summed E-state index contributed by atoms with van der Waals surface area (Å²) >= 11 is 3.40. The Bertz CT molecular complexity index is 460. The van der Waals surface area contributed by atoms with Crippen LogP contribution in [0.1, 0.15) is 18.4 Å². The minimum absolute atomic E-state index is 0.0118. The Balaban J connectivity index is 2.10. The number of halogens is 1. The lowest BCUT2D eigenvalue weighted by Crippen LogP contribution is -2.36. The number of benzene rings is 1. The molecule has 1 amide bonds. The maximum Gasteiger partial charge on any atom is 0.227 e. The van der Waals surface area contributed by atoms with Crippen molar-refractivity contribution in [1.82, 2.24) is 4.90 Å². The molecule has 1 aliphatic rings. The van der Waals surface area contributed by atoms with Crippen LogP contribution in [-0.2, 0) is 11.2 Å². The molecule has 0 atom stereocenters. The molecule has 0 unspecified atom stereocenters. The van der Waals surface area contributed by atoms with Crippen molar-refractivity contribution in [2.24, 2.45) is 0 Å². The van der Waals surface area contributed by atoms with Gasteiger partial charge in [-0.1, -0.05) is 15.9 Å². The smallest absolute Gasteiger partial charge is 0.227 e. The van der Waals surface area contributed by atoms with Crippen LogP contribution in [0, 0.1) is 0 Å². The number of carbonyl (C=O) groups is 1. The second kappa shape index (κ2) is 6.39. The Morgan fingerprint density at radius 2 is 2.26 bits per heavy atom. The first kappa shape index (κ1) is 14.3. The molecule has 0 saturated heterocycles. The molecular weight excluding hydrogens is 310 g/mol. The molecule has 19 heavy (non-hydrogen) atoms. The molecule has 0 radical (unpaired) electrons. The van der Waals surface area contributed by atoms with Crippen LogP contribution >= 0.6 is 15.9 Å². The number of hydrogen-bond donors (Lipinski definition) is 1. The fourth-order valence-electron chi connectivity index (χ4n) is 2.15. The Morgan fingerprint density at radius 1 is 1.53 bits per heavy atom. The molecule has 1 aliphatic carbocycles. The van der Waals surface area contributed by atoms with Crippen LogP contribution in [0.25, 0.3) is 0 Å². The van der Waals surface area contributed by atoms with Crippen LogP contribution in [0.3, 0.4) is 0 Å². The SMILES string of the molecule is COc1ccc(Br)cc1CC(=O)N(CCO)C1CC1. The third-order valence-corrected chi connectivity index (χ3v) is 3.73. The Hall–Kier alpha value is -1.07.